The molecule has 1 aliphatic rings. The number of carbonyl (C=O) groups is 1. The van der Waals surface area contributed by atoms with E-state index >= 15 is 0 Å². The molecule has 1 saturated heterocycles. The second-order valence-electron chi connectivity index (χ2n) is 8.69. The zero-order valence-corrected chi connectivity index (χ0v) is 20.6. The molecule has 0 radical (unpaired) electrons. The number of sulfonamides is 1. The third kappa shape index (κ3) is 5.32. The van der Waals surface area contributed by atoms with Crippen LogP contribution < -0.4 is 5.32 Å². The van der Waals surface area contributed by atoms with Crippen molar-refractivity contribution >= 4 is 32.9 Å². The molecular weight excluding hydrogens is 452 g/mol. The number of benzene rings is 2. The second kappa shape index (κ2) is 10.7. The molecule has 1 fully saturated rings. The number of rotatable bonds is 9. The molecule has 1 aromatic heterocycles. The number of hydrogen-bond acceptors (Lipinski definition) is 5. The molecule has 8 nitrogen and oxygen atoms in total. The van der Waals surface area contributed by atoms with Crippen molar-refractivity contribution in [2.75, 3.05) is 31.6 Å². The molecule has 4 rings (SSSR count). The number of hydrogen-bond donors (Lipinski definition) is 1. The first-order valence-corrected chi connectivity index (χ1v) is 13.3. The summed E-state index contributed by atoms with van der Waals surface area (Å²) in [6.45, 7) is 7.11. The number of nitrogens with zero attached hydrogens (tertiary/aromatic N) is 3. The van der Waals surface area contributed by atoms with E-state index < -0.39 is 10.0 Å². The number of piperidine rings is 1. The maximum Gasteiger partial charge on any atom is 0.257 e. The van der Waals surface area contributed by atoms with Gasteiger partial charge < -0.3 is 9.30 Å². The van der Waals surface area contributed by atoms with Gasteiger partial charge in [-0.25, -0.2) is 13.4 Å². The van der Waals surface area contributed by atoms with Crippen molar-refractivity contribution in [3.8, 4) is 0 Å². The predicted octanol–water partition coefficient (Wildman–Crippen LogP) is 4.14. The minimum absolute atomic E-state index is 0.210. The van der Waals surface area contributed by atoms with Gasteiger partial charge in [-0.1, -0.05) is 19.1 Å². The van der Waals surface area contributed by atoms with Gasteiger partial charge in [-0.3, -0.25) is 10.1 Å². The summed E-state index contributed by atoms with van der Waals surface area (Å²) in [5.74, 6) is 0.667. The molecule has 2 aromatic carbocycles. The maximum absolute atomic E-state index is 13.0. The Morgan fingerprint density at radius 1 is 1.12 bits per heavy atom. The van der Waals surface area contributed by atoms with Crippen molar-refractivity contribution in [2.24, 2.45) is 5.92 Å². The summed E-state index contributed by atoms with van der Waals surface area (Å²) in [6, 6.07) is 13.9. The van der Waals surface area contributed by atoms with Crippen LogP contribution in [0.4, 0.5) is 5.95 Å². The van der Waals surface area contributed by atoms with Gasteiger partial charge in [0.2, 0.25) is 16.0 Å². The minimum Gasteiger partial charge on any atom is -0.382 e. The van der Waals surface area contributed by atoms with E-state index in [2.05, 4.69) is 17.2 Å². The standard InChI is InChI=1S/C25H32N4O4S/c1-3-33-18-6-15-29-23-8-5-4-7-22(23)26-25(29)27-24(30)20-9-11-21(12-10-20)34(31,32)28-16-13-19(2)14-17-28/h4-5,7-12,19H,3,6,13-18H2,1-2H3,(H,26,27,30). The quantitative estimate of drug-likeness (QED) is 0.461. The van der Waals surface area contributed by atoms with Gasteiger partial charge >= 0.3 is 0 Å². The first kappa shape index (κ1) is 24.4. The highest BCUT2D eigenvalue weighted by Crippen LogP contribution is 2.24. The fraction of sp³-hybridized carbons (Fsp3) is 0.440. The fourth-order valence-corrected chi connectivity index (χ4v) is 5.66. The van der Waals surface area contributed by atoms with E-state index in [-0.39, 0.29) is 10.8 Å². The molecule has 2 heterocycles. The first-order valence-electron chi connectivity index (χ1n) is 11.8. The van der Waals surface area contributed by atoms with Crippen LogP contribution in [0, 0.1) is 5.92 Å². The normalized spacial score (nSPS) is 15.6. The number of amides is 1. The number of para-hydroxylation sites is 2. The summed E-state index contributed by atoms with van der Waals surface area (Å²) in [5, 5.41) is 2.90. The van der Waals surface area contributed by atoms with E-state index in [0.717, 1.165) is 30.3 Å². The Morgan fingerprint density at radius 3 is 2.53 bits per heavy atom. The predicted molar refractivity (Wildman–Crippen MR) is 132 cm³/mol. The molecule has 0 aliphatic carbocycles. The largest absolute Gasteiger partial charge is 0.382 e. The third-order valence-electron chi connectivity index (χ3n) is 6.25. The summed E-state index contributed by atoms with van der Waals surface area (Å²) >= 11 is 0. The Morgan fingerprint density at radius 2 is 1.82 bits per heavy atom. The highest BCUT2D eigenvalue weighted by molar-refractivity contribution is 7.89. The van der Waals surface area contributed by atoms with Crippen LogP contribution in [-0.2, 0) is 21.3 Å². The molecule has 0 atom stereocenters. The Labute approximate surface area is 201 Å². The number of carbonyl (C=O) groups excluding carboxylic acids is 1. The van der Waals surface area contributed by atoms with Crippen LogP contribution in [0.25, 0.3) is 11.0 Å². The van der Waals surface area contributed by atoms with Crippen molar-refractivity contribution in [3.05, 3.63) is 54.1 Å². The number of ether oxygens (including phenoxy) is 1. The number of aryl methyl sites for hydroxylation is 1. The van der Waals surface area contributed by atoms with Crippen molar-refractivity contribution in [3.63, 3.8) is 0 Å². The lowest BCUT2D eigenvalue weighted by Crippen LogP contribution is -2.37. The topological polar surface area (TPSA) is 93.5 Å². The Hall–Kier alpha value is -2.75. The van der Waals surface area contributed by atoms with Crippen LogP contribution in [0.3, 0.4) is 0 Å². The SMILES string of the molecule is CCOCCCn1c(NC(=O)c2ccc(S(=O)(=O)N3CCC(C)CC3)cc2)nc2ccccc21. The smallest absolute Gasteiger partial charge is 0.257 e. The second-order valence-corrected chi connectivity index (χ2v) is 10.6. The minimum atomic E-state index is -3.55. The number of anilines is 1. The van der Waals surface area contributed by atoms with Crippen LogP contribution in [-0.4, -0.2) is 54.5 Å². The monoisotopic (exact) mass is 484 g/mol. The van der Waals surface area contributed by atoms with Crippen molar-refractivity contribution in [1.82, 2.24) is 13.9 Å². The molecule has 1 aliphatic heterocycles. The molecule has 3 aromatic rings. The van der Waals surface area contributed by atoms with E-state index in [1.165, 1.54) is 16.4 Å². The number of nitrogens with one attached hydrogen (secondary N) is 1. The van der Waals surface area contributed by atoms with E-state index in [4.69, 9.17) is 4.74 Å². The molecular formula is C25H32N4O4S. The van der Waals surface area contributed by atoms with Gasteiger partial charge in [-0.05, 0) is 68.5 Å². The average molecular weight is 485 g/mol. The molecule has 0 saturated carbocycles. The van der Waals surface area contributed by atoms with Gasteiger partial charge in [0.25, 0.3) is 5.91 Å². The van der Waals surface area contributed by atoms with Crippen LogP contribution in [0.5, 0.6) is 0 Å². The van der Waals surface area contributed by atoms with Gasteiger partial charge in [-0.15, -0.1) is 0 Å². The molecule has 0 bridgehead atoms. The maximum atomic E-state index is 13.0. The average Bonchev–Trinajstić information content (AvgIpc) is 3.19. The molecule has 1 N–H and O–H groups in total. The fourth-order valence-electron chi connectivity index (χ4n) is 4.19. The highest BCUT2D eigenvalue weighted by Gasteiger charge is 2.28. The molecule has 0 spiro atoms. The summed E-state index contributed by atoms with van der Waals surface area (Å²) in [7, 11) is -3.55. The van der Waals surface area contributed by atoms with E-state index in [1.807, 2.05) is 35.8 Å². The van der Waals surface area contributed by atoms with E-state index in [0.29, 0.717) is 50.3 Å². The molecule has 9 heteroatoms. The Bertz CT molecular complexity index is 1230. The van der Waals surface area contributed by atoms with Gasteiger partial charge in [-0.2, -0.15) is 4.31 Å². The summed E-state index contributed by atoms with van der Waals surface area (Å²) in [5.41, 5.74) is 2.11. The summed E-state index contributed by atoms with van der Waals surface area (Å²) < 4.78 is 34.9. The van der Waals surface area contributed by atoms with Crippen LogP contribution >= 0.6 is 0 Å². The summed E-state index contributed by atoms with van der Waals surface area (Å²) in [4.78, 5) is 17.8. The zero-order valence-electron chi connectivity index (χ0n) is 19.7. The highest BCUT2D eigenvalue weighted by atomic mass is 32.2. The Balaban J connectivity index is 1.50. The lowest BCUT2D eigenvalue weighted by atomic mass is 10.0. The lowest BCUT2D eigenvalue weighted by Gasteiger charge is -2.29. The first-order chi connectivity index (χ1) is 16.4. The molecule has 182 valence electrons. The van der Waals surface area contributed by atoms with Crippen molar-refractivity contribution < 1.29 is 17.9 Å². The van der Waals surface area contributed by atoms with Gasteiger partial charge in [0, 0.05) is 38.4 Å². The van der Waals surface area contributed by atoms with Crippen molar-refractivity contribution in [2.45, 2.75) is 44.6 Å². The zero-order chi connectivity index (χ0) is 24.1. The Kier molecular flexibility index (Phi) is 7.65. The van der Waals surface area contributed by atoms with Crippen molar-refractivity contribution in [1.29, 1.82) is 0 Å². The molecule has 1 amide bonds. The van der Waals surface area contributed by atoms with Gasteiger partial charge in [0.1, 0.15) is 0 Å². The molecule has 0 unspecified atom stereocenters. The summed E-state index contributed by atoms with van der Waals surface area (Å²) in [6.07, 6.45) is 2.52. The number of imidazole rings is 1. The lowest BCUT2D eigenvalue weighted by molar-refractivity contribution is 0.102. The van der Waals surface area contributed by atoms with Gasteiger partial charge in [0.15, 0.2) is 0 Å². The van der Waals surface area contributed by atoms with E-state index in [1.54, 1.807) is 12.1 Å². The number of aromatic nitrogens is 2. The number of fused-ring (bicyclic) bond motifs is 1. The van der Waals surface area contributed by atoms with Crippen LogP contribution in [0.1, 0.15) is 43.5 Å². The third-order valence-corrected chi connectivity index (χ3v) is 8.16. The van der Waals surface area contributed by atoms with Gasteiger partial charge in [0.05, 0.1) is 15.9 Å². The van der Waals surface area contributed by atoms with Crippen LogP contribution in [0.15, 0.2) is 53.4 Å². The molecule has 34 heavy (non-hydrogen) atoms. The van der Waals surface area contributed by atoms with Crippen LogP contribution in [0.2, 0.25) is 0 Å². The van der Waals surface area contributed by atoms with E-state index in [9.17, 15) is 13.2 Å².